The molecule has 102 valence electrons. The van der Waals surface area contributed by atoms with E-state index >= 15 is 0 Å². The van der Waals surface area contributed by atoms with E-state index in [-0.39, 0.29) is 0 Å². The van der Waals surface area contributed by atoms with E-state index in [4.69, 9.17) is 0 Å². The van der Waals surface area contributed by atoms with E-state index in [0.29, 0.717) is 24.5 Å². The quantitative estimate of drug-likeness (QED) is 0.760. The molecule has 2 N–H and O–H groups in total. The Hall–Kier alpha value is -1.17. The fraction of sp³-hybridized carbons (Fsp3) is 0.750. The van der Waals surface area contributed by atoms with Gasteiger partial charge >= 0.3 is 5.97 Å². The molecule has 0 amide bonds. The molecule has 6 heteroatoms. The number of rotatable bonds is 8. The van der Waals surface area contributed by atoms with Crippen LogP contribution in [-0.2, 0) is 11.2 Å². The van der Waals surface area contributed by atoms with E-state index in [2.05, 4.69) is 21.6 Å². The molecule has 1 rings (SSSR count). The number of hydrogen-bond acceptors (Lipinski definition) is 5. The summed E-state index contributed by atoms with van der Waals surface area (Å²) in [6.45, 7) is 6.29. The lowest BCUT2D eigenvalue weighted by Crippen LogP contribution is -2.36. The highest BCUT2D eigenvalue weighted by molar-refractivity contribution is 7.09. The van der Waals surface area contributed by atoms with Crippen molar-refractivity contribution in [3.05, 3.63) is 5.82 Å². The molecule has 0 saturated carbocycles. The highest BCUT2D eigenvalue weighted by atomic mass is 32.1. The Morgan fingerprint density at radius 3 is 2.56 bits per heavy atom. The predicted molar refractivity (Wildman–Crippen MR) is 73.0 cm³/mol. The van der Waals surface area contributed by atoms with Gasteiger partial charge in [-0.2, -0.15) is 4.37 Å². The molecule has 0 aliphatic carbocycles. The highest BCUT2D eigenvalue weighted by Crippen LogP contribution is 2.27. The van der Waals surface area contributed by atoms with Crippen molar-refractivity contribution >= 4 is 22.6 Å². The molecular formula is C12H21N3O2S. The van der Waals surface area contributed by atoms with Gasteiger partial charge in [-0.05, 0) is 19.3 Å². The molecule has 5 nitrogen and oxygen atoms in total. The summed E-state index contributed by atoms with van der Waals surface area (Å²) in [5, 5.41) is 13.1. The topological polar surface area (TPSA) is 75.1 Å². The van der Waals surface area contributed by atoms with Crippen molar-refractivity contribution in [3.8, 4) is 0 Å². The summed E-state index contributed by atoms with van der Waals surface area (Å²) < 4.78 is 4.22. The molecule has 0 spiro atoms. The van der Waals surface area contributed by atoms with E-state index in [9.17, 15) is 9.90 Å². The number of carboxylic acid groups (broad SMARTS) is 1. The van der Waals surface area contributed by atoms with Gasteiger partial charge < -0.3 is 10.4 Å². The molecular weight excluding hydrogens is 250 g/mol. The Kier molecular flexibility index (Phi) is 5.53. The maximum absolute atomic E-state index is 11.3. The van der Waals surface area contributed by atoms with Crippen LogP contribution in [0.15, 0.2) is 0 Å². The number of aryl methyl sites for hydroxylation is 1. The number of aromatic nitrogens is 2. The van der Waals surface area contributed by atoms with E-state index in [0.717, 1.165) is 18.7 Å². The maximum atomic E-state index is 11.3. The second-order valence-corrected chi connectivity index (χ2v) is 5.16. The number of anilines is 1. The molecule has 0 aromatic carbocycles. The fourth-order valence-corrected chi connectivity index (χ4v) is 2.38. The van der Waals surface area contributed by atoms with E-state index in [1.54, 1.807) is 0 Å². The summed E-state index contributed by atoms with van der Waals surface area (Å²) in [5.41, 5.74) is -0.712. The van der Waals surface area contributed by atoms with Crippen LogP contribution in [0, 0.1) is 5.41 Å². The second-order valence-electron chi connectivity index (χ2n) is 4.41. The molecule has 0 aliphatic heterocycles. The van der Waals surface area contributed by atoms with Gasteiger partial charge in [-0.3, -0.25) is 4.79 Å². The van der Waals surface area contributed by atoms with Gasteiger partial charge in [-0.25, -0.2) is 4.98 Å². The fourth-order valence-electron chi connectivity index (χ4n) is 1.77. The average molecular weight is 271 g/mol. The summed E-state index contributed by atoms with van der Waals surface area (Å²) in [5.74, 6) is 0.0808. The zero-order chi connectivity index (χ0) is 13.6. The SMILES string of the molecule is CCCc1nsc(NCC(CC)(CC)C(=O)O)n1. The van der Waals surface area contributed by atoms with Gasteiger partial charge in [0.1, 0.15) is 5.82 Å². The summed E-state index contributed by atoms with van der Waals surface area (Å²) in [4.78, 5) is 15.7. The Morgan fingerprint density at radius 1 is 1.39 bits per heavy atom. The lowest BCUT2D eigenvalue weighted by Gasteiger charge is -2.26. The average Bonchev–Trinajstić information content (AvgIpc) is 2.79. The van der Waals surface area contributed by atoms with Gasteiger partial charge in [0.2, 0.25) is 5.13 Å². The molecule has 0 radical (unpaired) electrons. The molecule has 0 unspecified atom stereocenters. The lowest BCUT2D eigenvalue weighted by molar-refractivity contribution is -0.148. The predicted octanol–water partition coefficient (Wildman–Crippen LogP) is 2.79. The van der Waals surface area contributed by atoms with Crippen LogP contribution in [-0.4, -0.2) is 27.0 Å². The van der Waals surface area contributed by atoms with Crippen LogP contribution in [0.5, 0.6) is 0 Å². The normalized spacial score (nSPS) is 11.5. The number of hydrogen-bond donors (Lipinski definition) is 2. The van der Waals surface area contributed by atoms with Crippen LogP contribution in [0.1, 0.15) is 45.9 Å². The number of nitrogens with zero attached hydrogens (tertiary/aromatic N) is 2. The molecule has 1 aromatic rings. The molecule has 0 saturated heterocycles. The smallest absolute Gasteiger partial charge is 0.311 e. The van der Waals surface area contributed by atoms with E-state index in [1.807, 2.05) is 13.8 Å². The molecule has 0 fully saturated rings. The van der Waals surface area contributed by atoms with Crippen LogP contribution in [0.4, 0.5) is 5.13 Å². The van der Waals surface area contributed by atoms with Crippen molar-refractivity contribution in [2.75, 3.05) is 11.9 Å². The number of carbonyl (C=O) groups is 1. The van der Waals surface area contributed by atoms with Crippen LogP contribution in [0.3, 0.4) is 0 Å². The monoisotopic (exact) mass is 271 g/mol. The molecule has 0 aliphatic rings. The van der Waals surface area contributed by atoms with Crippen molar-refractivity contribution < 1.29 is 9.90 Å². The first-order valence-corrected chi connectivity index (χ1v) is 7.15. The molecule has 1 heterocycles. The zero-order valence-corrected chi connectivity index (χ0v) is 12.0. The third-order valence-electron chi connectivity index (χ3n) is 3.33. The first-order chi connectivity index (χ1) is 8.57. The van der Waals surface area contributed by atoms with E-state index in [1.165, 1.54) is 11.5 Å². The third-order valence-corrected chi connectivity index (χ3v) is 4.04. The van der Waals surface area contributed by atoms with Gasteiger partial charge in [0.05, 0.1) is 5.41 Å². The van der Waals surface area contributed by atoms with Crippen molar-refractivity contribution in [2.24, 2.45) is 5.41 Å². The number of nitrogens with one attached hydrogen (secondary N) is 1. The summed E-state index contributed by atoms with van der Waals surface area (Å²) >= 11 is 1.30. The third kappa shape index (κ3) is 3.41. The van der Waals surface area contributed by atoms with Gasteiger partial charge in [-0.1, -0.05) is 20.8 Å². The highest BCUT2D eigenvalue weighted by Gasteiger charge is 2.34. The standard InChI is InChI=1S/C12H21N3O2S/c1-4-7-9-14-11(18-15-9)13-8-12(5-2,6-3)10(16)17/h4-8H2,1-3H3,(H,16,17)(H,13,14,15). The summed E-state index contributed by atoms with van der Waals surface area (Å²) in [6.07, 6.45) is 3.09. The maximum Gasteiger partial charge on any atom is 0.311 e. The van der Waals surface area contributed by atoms with Crippen molar-refractivity contribution in [2.45, 2.75) is 46.5 Å². The first-order valence-electron chi connectivity index (χ1n) is 6.37. The van der Waals surface area contributed by atoms with Gasteiger partial charge in [0.15, 0.2) is 0 Å². The van der Waals surface area contributed by atoms with Gasteiger partial charge in [0, 0.05) is 24.5 Å². The Labute approximate surface area is 112 Å². The van der Waals surface area contributed by atoms with Crippen LogP contribution in [0.25, 0.3) is 0 Å². The Balaban J connectivity index is 2.64. The lowest BCUT2D eigenvalue weighted by atomic mass is 9.82. The Morgan fingerprint density at radius 2 is 2.06 bits per heavy atom. The van der Waals surface area contributed by atoms with Crippen molar-refractivity contribution in [1.82, 2.24) is 9.36 Å². The molecule has 18 heavy (non-hydrogen) atoms. The number of aliphatic carboxylic acids is 1. The van der Waals surface area contributed by atoms with Gasteiger partial charge in [-0.15, -0.1) is 0 Å². The minimum absolute atomic E-state index is 0.399. The van der Waals surface area contributed by atoms with Crippen LogP contribution >= 0.6 is 11.5 Å². The summed E-state index contributed by atoms with van der Waals surface area (Å²) in [6, 6.07) is 0. The minimum Gasteiger partial charge on any atom is -0.481 e. The van der Waals surface area contributed by atoms with Crippen molar-refractivity contribution in [1.29, 1.82) is 0 Å². The summed E-state index contributed by atoms with van der Waals surface area (Å²) in [7, 11) is 0. The largest absolute Gasteiger partial charge is 0.481 e. The molecule has 0 bridgehead atoms. The number of carboxylic acids is 1. The van der Waals surface area contributed by atoms with Gasteiger partial charge in [0.25, 0.3) is 0 Å². The zero-order valence-electron chi connectivity index (χ0n) is 11.2. The first kappa shape index (κ1) is 14.9. The Bertz CT molecular complexity index is 388. The molecule has 1 aromatic heterocycles. The van der Waals surface area contributed by atoms with Crippen LogP contribution < -0.4 is 5.32 Å². The second kappa shape index (κ2) is 6.68. The van der Waals surface area contributed by atoms with Crippen molar-refractivity contribution in [3.63, 3.8) is 0 Å². The molecule has 0 atom stereocenters. The van der Waals surface area contributed by atoms with E-state index < -0.39 is 11.4 Å². The minimum atomic E-state index is -0.752. The van der Waals surface area contributed by atoms with Crippen LogP contribution in [0.2, 0.25) is 0 Å².